The third-order valence-corrected chi connectivity index (χ3v) is 9.89. The summed E-state index contributed by atoms with van der Waals surface area (Å²) in [6.45, 7) is 1.05. The lowest BCUT2D eigenvalue weighted by Crippen LogP contribution is -2.23. The molecule has 14 nitrogen and oxygen atoms in total. The number of fused-ring (bicyclic) bond motifs is 2. The number of rotatable bonds is 13. The summed E-state index contributed by atoms with van der Waals surface area (Å²) < 4.78 is 31.4. The molecular weight excluding hydrogens is 720 g/mol. The highest BCUT2D eigenvalue weighted by molar-refractivity contribution is 6.11. The molecule has 0 atom stereocenters. The van der Waals surface area contributed by atoms with Gasteiger partial charge in [0.1, 0.15) is 13.1 Å². The van der Waals surface area contributed by atoms with Gasteiger partial charge < -0.3 is 48.9 Å². The molecule has 2 amide bonds. The lowest BCUT2D eigenvalue weighted by molar-refractivity contribution is -0.139. The van der Waals surface area contributed by atoms with Gasteiger partial charge in [0, 0.05) is 46.0 Å². The number of esters is 2. The van der Waals surface area contributed by atoms with Crippen LogP contribution in [0.3, 0.4) is 0 Å². The fraction of sp³-hybridized carbons (Fsp3) is 0.333. The number of hydrogen-bond acceptors (Lipinski definition) is 12. The fourth-order valence-electron chi connectivity index (χ4n) is 6.84. The monoisotopic (exact) mass is 766 g/mol. The lowest BCUT2D eigenvalue weighted by atomic mass is 10.1. The van der Waals surface area contributed by atoms with Crippen molar-refractivity contribution in [2.75, 3.05) is 69.1 Å². The summed E-state index contributed by atoms with van der Waals surface area (Å²) in [4.78, 5) is 51.9. The second-order valence-electron chi connectivity index (χ2n) is 13.3. The summed E-state index contributed by atoms with van der Waals surface area (Å²) in [5, 5.41) is 5.93. The summed E-state index contributed by atoms with van der Waals surface area (Å²) >= 11 is 0. The molecule has 0 radical (unpaired) electrons. The van der Waals surface area contributed by atoms with E-state index < -0.39 is 0 Å². The van der Waals surface area contributed by atoms with Gasteiger partial charge in [0.05, 0.1) is 54.7 Å². The Labute approximate surface area is 325 Å². The highest BCUT2D eigenvalue weighted by Crippen LogP contribution is 2.39. The van der Waals surface area contributed by atoms with Gasteiger partial charge in [-0.05, 0) is 85.3 Å². The average Bonchev–Trinajstić information content (AvgIpc) is 3.96. The maximum Gasteiger partial charge on any atom is 0.325 e. The van der Waals surface area contributed by atoms with E-state index in [-0.39, 0.29) is 42.9 Å². The molecule has 0 saturated heterocycles. The Bertz CT molecular complexity index is 2100. The molecule has 2 heterocycles. The van der Waals surface area contributed by atoms with Gasteiger partial charge in [0.2, 0.25) is 0 Å². The summed E-state index contributed by atoms with van der Waals surface area (Å²) in [5.41, 5.74) is 5.99. The van der Waals surface area contributed by atoms with Crippen LogP contribution >= 0.6 is 0 Å². The molecule has 4 aromatic rings. The minimum Gasteiger partial charge on any atom is -0.493 e. The van der Waals surface area contributed by atoms with Crippen LogP contribution in [0.2, 0.25) is 0 Å². The van der Waals surface area contributed by atoms with Crippen molar-refractivity contribution < 1.29 is 47.6 Å². The Hall–Kier alpha value is -6.44. The number of anilines is 4. The molecule has 56 heavy (non-hydrogen) atoms. The first-order valence-electron chi connectivity index (χ1n) is 18.2. The van der Waals surface area contributed by atoms with E-state index in [4.69, 9.17) is 18.9 Å². The van der Waals surface area contributed by atoms with Gasteiger partial charge in [0.25, 0.3) is 11.8 Å². The molecule has 0 bridgehead atoms. The van der Waals surface area contributed by atoms with Crippen LogP contribution < -0.4 is 39.4 Å². The Morgan fingerprint density at radius 2 is 1.04 bits per heavy atom. The number of nitrogens with zero attached hydrogens (tertiary/aromatic N) is 2. The molecule has 294 valence electrons. The zero-order valence-corrected chi connectivity index (χ0v) is 32.1. The Morgan fingerprint density at radius 3 is 1.48 bits per heavy atom. The van der Waals surface area contributed by atoms with Crippen LogP contribution in [0.4, 0.5) is 22.7 Å². The van der Waals surface area contributed by atoms with E-state index in [9.17, 15) is 19.2 Å². The molecule has 7 rings (SSSR count). The van der Waals surface area contributed by atoms with Crippen molar-refractivity contribution in [2.24, 2.45) is 0 Å². The van der Waals surface area contributed by atoms with E-state index in [1.165, 1.54) is 27.1 Å². The van der Waals surface area contributed by atoms with Crippen molar-refractivity contribution >= 4 is 46.5 Å². The third kappa shape index (κ3) is 8.75. The topological polar surface area (TPSA) is 154 Å². The lowest BCUT2D eigenvalue weighted by Gasteiger charge is -2.20. The molecule has 0 unspecified atom stereocenters. The highest BCUT2D eigenvalue weighted by Gasteiger charge is 2.31. The zero-order chi connectivity index (χ0) is 39.8. The standard InChI is InChI=1S/C23H26N2O5.C19H20N2O5/c1-28-20-10-9-17(12-21(20)30-18-5-3-4-6-18)25-14-15-7-8-16(11-19(15)23(25)27)24-13-22(26)29-2;1-24-16-7-6-14(9-17(16)25-2)21-11-12-4-5-13(8-15(12)19(21)23)20-10-18(22)26-3/h7-12,18,24H,3-6,13-14H2,1-2H3;4-9,20H,10-11H2,1-3H3. The van der Waals surface area contributed by atoms with Crippen molar-refractivity contribution in [1.82, 2.24) is 0 Å². The third-order valence-electron chi connectivity index (χ3n) is 9.89. The Kier molecular flexibility index (Phi) is 12.5. The molecule has 1 fully saturated rings. The first-order chi connectivity index (χ1) is 27.2. The minimum atomic E-state index is -0.372. The molecule has 2 aliphatic heterocycles. The van der Waals surface area contributed by atoms with Crippen molar-refractivity contribution in [1.29, 1.82) is 0 Å². The van der Waals surface area contributed by atoms with Crippen molar-refractivity contribution in [3.8, 4) is 23.0 Å². The van der Waals surface area contributed by atoms with Crippen LogP contribution in [0, 0.1) is 0 Å². The van der Waals surface area contributed by atoms with E-state index in [0.29, 0.717) is 58.6 Å². The molecule has 14 heteroatoms. The summed E-state index contributed by atoms with van der Waals surface area (Å²) in [6.07, 6.45) is 4.65. The SMILES string of the molecule is COC(=O)CNc1ccc2c(c1)C(=O)N(c1ccc(OC)c(OC)c1)C2.COC(=O)CNc1ccc2c(c1)C(=O)N(c1ccc(OC)c(OC3CCCC3)c1)C2. The van der Waals surface area contributed by atoms with Gasteiger partial charge in [-0.15, -0.1) is 0 Å². The molecule has 0 aromatic heterocycles. The predicted molar refractivity (Wildman–Crippen MR) is 210 cm³/mol. The van der Waals surface area contributed by atoms with Crippen LogP contribution in [0.1, 0.15) is 57.5 Å². The second-order valence-corrected chi connectivity index (χ2v) is 13.3. The van der Waals surface area contributed by atoms with Crippen molar-refractivity contribution in [3.05, 3.63) is 95.1 Å². The summed E-state index contributed by atoms with van der Waals surface area (Å²) in [7, 11) is 7.42. The van der Waals surface area contributed by atoms with Crippen LogP contribution in [0.5, 0.6) is 23.0 Å². The summed E-state index contributed by atoms with van der Waals surface area (Å²) in [6, 6.07) is 22.0. The van der Waals surface area contributed by atoms with E-state index in [1.54, 1.807) is 55.4 Å². The number of benzene rings is 4. The van der Waals surface area contributed by atoms with E-state index in [0.717, 1.165) is 35.3 Å². The number of carbonyl (C=O) groups excluding carboxylic acids is 4. The van der Waals surface area contributed by atoms with Crippen LogP contribution in [-0.2, 0) is 32.2 Å². The number of amides is 2. The van der Waals surface area contributed by atoms with Crippen molar-refractivity contribution in [3.63, 3.8) is 0 Å². The molecular formula is C42H46N4O10. The van der Waals surface area contributed by atoms with Gasteiger partial charge in [-0.25, -0.2) is 0 Å². The first-order valence-corrected chi connectivity index (χ1v) is 18.2. The smallest absolute Gasteiger partial charge is 0.325 e. The Morgan fingerprint density at radius 1 is 0.589 bits per heavy atom. The van der Waals surface area contributed by atoms with Gasteiger partial charge in [-0.3, -0.25) is 19.2 Å². The van der Waals surface area contributed by atoms with E-state index in [2.05, 4.69) is 20.1 Å². The predicted octanol–water partition coefficient (Wildman–Crippen LogP) is 6.21. The number of ether oxygens (including phenoxy) is 6. The second kappa shape index (κ2) is 17.8. The largest absolute Gasteiger partial charge is 0.493 e. The molecule has 1 aliphatic carbocycles. The van der Waals surface area contributed by atoms with Gasteiger partial charge >= 0.3 is 11.9 Å². The van der Waals surface area contributed by atoms with E-state index in [1.807, 2.05) is 48.5 Å². The normalized spacial score (nSPS) is 14.3. The minimum absolute atomic E-state index is 0.0445. The number of hydrogen-bond donors (Lipinski definition) is 2. The quantitative estimate of drug-likeness (QED) is 0.149. The van der Waals surface area contributed by atoms with Crippen LogP contribution in [0.15, 0.2) is 72.8 Å². The number of nitrogens with one attached hydrogen (secondary N) is 2. The molecule has 2 N–H and O–H groups in total. The maximum atomic E-state index is 13.1. The maximum absolute atomic E-state index is 13.1. The van der Waals surface area contributed by atoms with Gasteiger partial charge in [-0.1, -0.05) is 12.1 Å². The fourth-order valence-corrected chi connectivity index (χ4v) is 6.84. The average molecular weight is 767 g/mol. The zero-order valence-electron chi connectivity index (χ0n) is 32.1. The molecule has 3 aliphatic rings. The van der Waals surface area contributed by atoms with Crippen molar-refractivity contribution in [2.45, 2.75) is 44.9 Å². The summed E-state index contributed by atoms with van der Waals surface area (Å²) in [5.74, 6) is 1.59. The van der Waals surface area contributed by atoms with Gasteiger partial charge in [-0.2, -0.15) is 0 Å². The Balaban J connectivity index is 0.000000192. The van der Waals surface area contributed by atoms with Crippen LogP contribution in [-0.4, -0.2) is 78.5 Å². The number of methoxy groups -OCH3 is 5. The molecule has 1 saturated carbocycles. The van der Waals surface area contributed by atoms with Crippen LogP contribution in [0.25, 0.3) is 0 Å². The van der Waals surface area contributed by atoms with Gasteiger partial charge in [0.15, 0.2) is 23.0 Å². The van der Waals surface area contributed by atoms with E-state index >= 15 is 0 Å². The highest BCUT2D eigenvalue weighted by atomic mass is 16.5. The number of carbonyl (C=O) groups is 4. The molecule has 4 aromatic carbocycles. The molecule has 0 spiro atoms. The first kappa shape index (κ1) is 39.3.